The zero-order valence-electron chi connectivity index (χ0n) is 19.4. The highest BCUT2D eigenvalue weighted by Crippen LogP contribution is 2.46. The maximum atomic E-state index is 6.48. The van der Waals surface area contributed by atoms with Crippen LogP contribution in [0, 0.1) is 4.84 Å². The summed E-state index contributed by atoms with van der Waals surface area (Å²) in [6.07, 6.45) is 4.25. The standard InChI is InChI=1S/C26H24Cl2N4O3S/c27-20-2-1-3-21(28)22(20)23-19(24(34-30-23)15-4-5-15)14-33-18-10-12-32(13-11-18)17-8-6-16(7-9-17)25-29-26(36)35-31-25/h1-3,6-9,15,18H,4-5,10-14H2,(H,29,31,36). The molecule has 7 nitrogen and oxygen atoms in total. The van der Waals surface area contributed by atoms with Gasteiger partial charge in [-0.25, -0.2) is 0 Å². The van der Waals surface area contributed by atoms with Gasteiger partial charge in [-0.05, 0) is 74.3 Å². The fourth-order valence-electron chi connectivity index (χ4n) is 4.71. The monoisotopic (exact) mass is 542 g/mol. The Morgan fingerprint density at radius 2 is 1.69 bits per heavy atom. The Kier molecular flexibility index (Phi) is 6.60. The summed E-state index contributed by atoms with van der Waals surface area (Å²) in [6, 6.07) is 13.7. The quantitative estimate of drug-likeness (QED) is 0.243. The number of rotatable bonds is 7. The van der Waals surface area contributed by atoms with Crippen LogP contribution in [-0.2, 0) is 11.3 Å². The van der Waals surface area contributed by atoms with Crippen molar-refractivity contribution in [3.63, 3.8) is 0 Å². The van der Waals surface area contributed by atoms with Crippen LogP contribution in [-0.4, -0.2) is 34.5 Å². The molecule has 36 heavy (non-hydrogen) atoms. The van der Waals surface area contributed by atoms with Crippen LogP contribution in [0.5, 0.6) is 0 Å². The highest BCUT2D eigenvalue weighted by molar-refractivity contribution is 7.71. The van der Waals surface area contributed by atoms with Crippen molar-refractivity contribution in [3.05, 3.63) is 68.7 Å². The zero-order chi connectivity index (χ0) is 24.6. The molecule has 0 amide bonds. The summed E-state index contributed by atoms with van der Waals surface area (Å²) < 4.78 is 17.1. The van der Waals surface area contributed by atoms with Gasteiger partial charge in [-0.3, -0.25) is 4.98 Å². The van der Waals surface area contributed by atoms with Gasteiger partial charge in [0.2, 0.25) is 0 Å². The number of nitrogens with zero attached hydrogens (tertiary/aromatic N) is 3. The number of aromatic nitrogens is 3. The van der Waals surface area contributed by atoms with E-state index in [0.717, 1.165) is 55.7 Å². The van der Waals surface area contributed by atoms with E-state index in [4.69, 9.17) is 49.2 Å². The maximum Gasteiger partial charge on any atom is 0.295 e. The van der Waals surface area contributed by atoms with Crippen LogP contribution in [0.15, 0.2) is 51.5 Å². The zero-order valence-corrected chi connectivity index (χ0v) is 21.7. The molecule has 0 radical (unpaired) electrons. The molecule has 6 rings (SSSR count). The number of aromatic amines is 1. The molecule has 3 heterocycles. The molecule has 2 fully saturated rings. The predicted molar refractivity (Wildman–Crippen MR) is 141 cm³/mol. The third-order valence-corrected chi connectivity index (χ3v) is 7.62. The minimum absolute atomic E-state index is 0.159. The van der Waals surface area contributed by atoms with Gasteiger partial charge in [0.25, 0.3) is 4.84 Å². The summed E-state index contributed by atoms with van der Waals surface area (Å²) in [7, 11) is 0. The number of ether oxygens (including phenoxy) is 1. The Morgan fingerprint density at radius 1 is 0.972 bits per heavy atom. The smallest absolute Gasteiger partial charge is 0.295 e. The lowest BCUT2D eigenvalue weighted by atomic mass is 10.0. The van der Waals surface area contributed by atoms with E-state index in [1.807, 2.05) is 30.3 Å². The topological polar surface area (TPSA) is 80.3 Å². The van der Waals surface area contributed by atoms with Crippen LogP contribution in [0.4, 0.5) is 5.69 Å². The number of anilines is 1. The lowest BCUT2D eigenvalue weighted by molar-refractivity contribution is 0.0246. The molecule has 1 aliphatic carbocycles. The van der Waals surface area contributed by atoms with Crippen molar-refractivity contribution in [1.82, 2.24) is 15.3 Å². The lowest BCUT2D eigenvalue weighted by Gasteiger charge is -2.33. The summed E-state index contributed by atoms with van der Waals surface area (Å²) in [5, 5.41) is 9.43. The van der Waals surface area contributed by atoms with Crippen molar-refractivity contribution in [2.24, 2.45) is 0 Å². The number of hydrogen-bond donors (Lipinski definition) is 1. The first-order chi connectivity index (χ1) is 17.6. The second kappa shape index (κ2) is 10.0. The molecule has 0 spiro atoms. The van der Waals surface area contributed by atoms with E-state index in [0.29, 0.717) is 39.7 Å². The van der Waals surface area contributed by atoms with Crippen LogP contribution in [0.3, 0.4) is 0 Å². The van der Waals surface area contributed by atoms with Gasteiger partial charge in [-0.1, -0.05) is 39.6 Å². The van der Waals surface area contributed by atoms with Crippen LogP contribution in [0.1, 0.15) is 42.9 Å². The average Bonchev–Trinajstić information content (AvgIpc) is 3.51. The first-order valence-electron chi connectivity index (χ1n) is 12.0. The number of piperidine rings is 1. The fraction of sp³-hybridized carbons (Fsp3) is 0.346. The van der Waals surface area contributed by atoms with Crippen molar-refractivity contribution >= 4 is 41.1 Å². The summed E-state index contributed by atoms with van der Waals surface area (Å²) in [5.41, 5.74) is 4.48. The first kappa shape index (κ1) is 23.7. The molecule has 1 N–H and O–H groups in total. The molecular formula is C26H24Cl2N4O3S. The van der Waals surface area contributed by atoms with E-state index in [1.165, 1.54) is 5.69 Å². The van der Waals surface area contributed by atoms with E-state index in [9.17, 15) is 0 Å². The Bertz CT molecular complexity index is 1400. The molecule has 2 aliphatic rings. The van der Waals surface area contributed by atoms with Gasteiger partial charge in [-0.2, -0.15) is 0 Å². The van der Waals surface area contributed by atoms with E-state index in [-0.39, 0.29) is 10.9 Å². The van der Waals surface area contributed by atoms with Crippen LogP contribution >= 0.6 is 35.4 Å². The van der Waals surface area contributed by atoms with Gasteiger partial charge in [0, 0.05) is 41.4 Å². The van der Waals surface area contributed by atoms with Crippen molar-refractivity contribution in [2.75, 3.05) is 18.0 Å². The van der Waals surface area contributed by atoms with Crippen molar-refractivity contribution < 1.29 is 13.8 Å². The molecule has 0 atom stereocenters. The molecule has 2 aromatic carbocycles. The number of benzene rings is 2. The van der Waals surface area contributed by atoms with E-state index < -0.39 is 0 Å². The SMILES string of the molecule is S=c1[nH]c(-c2ccc(N3CCC(OCc4c(-c5c(Cl)cccc5Cl)noc4C4CC4)CC3)cc2)no1. The minimum Gasteiger partial charge on any atom is -0.373 e. The molecular weight excluding hydrogens is 519 g/mol. The fourth-order valence-corrected chi connectivity index (χ4v) is 5.42. The third kappa shape index (κ3) is 4.83. The summed E-state index contributed by atoms with van der Waals surface area (Å²) in [5.74, 6) is 1.95. The van der Waals surface area contributed by atoms with Crippen LogP contribution in [0.25, 0.3) is 22.6 Å². The second-order valence-electron chi connectivity index (χ2n) is 9.23. The largest absolute Gasteiger partial charge is 0.373 e. The predicted octanol–water partition coefficient (Wildman–Crippen LogP) is 7.42. The van der Waals surface area contributed by atoms with E-state index in [1.54, 1.807) is 0 Å². The normalized spacial score (nSPS) is 16.6. The maximum absolute atomic E-state index is 6.48. The van der Waals surface area contributed by atoms with Crippen LogP contribution in [0.2, 0.25) is 10.0 Å². The number of hydrogen-bond acceptors (Lipinski definition) is 7. The van der Waals surface area contributed by atoms with Gasteiger partial charge in [-0.15, -0.1) is 0 Å². The number of H-pyrrole nitrogens is 1. The molecule has 0 bridgehead atoms. The summed E-state index contributed by atoms with van der Waals surface area (Å²) in [6.45, 7) is 2.27. The van der Waals surface area contributed by atoms with Gasteiger partial charge >= 0.3 is 0 Å². The minimum atomic E-state index is 0.159. The molecule has 0 unspecified atom stereocenters. The Morgan fingerprint density at radius 3 is 2.33 bits per heavy atom. The Balaban J connectivity index is 1.11. The summed E-state index contributed by atoms with van der Waals surface area (Å²) in [4.78, 5) is 5.58. The van der Waals surface area contributed by atoms with E-state index >= 15 is 0 Å². The highest BCUT2D eigenvalue weighted by atomic mass is 35.5. The molecule has 10 heteroatoms. The van der Waals surface area contributed by atoms with Gasteiger partial charge in [0.1, 0.15) is 11.5 Å². The summed E-state index contributed by atoms with van der Waals surface area (Å²) >= 11 is 17.9. The molecule has 4 aromatic rings. The van der Waals surface area contributed by atoms with Crippen molar-refractivity contribution in [3.8, 4) is 22.6 Å². The molecule has 2 aromatic heterocycles. The molecule has 1 saturated heterocycles. The average molecular weight is 543 g/mol. The third-order valence-electron chi connectivity index (χ3n) is 6.82. The Hall–Kier alpha value is -2.65. The van der Waals surface area contributed by atoms with Gasteiger partial charge in [0.15, 0.2) is 5.82 Å². The number of nitrogens with one attached hydrogen (secondary N) is 1. The van der Waals surface area contributed by atoms with Gasteiger partial charge in [0.05, 0.1) is 22.8 Å². The second-order valence-corrected chi connectivity index (χ2v) is 10.4. The highest BCUT2D eigenvalue weighted by Gasteiger charge is 2.34. The van der Waals surface area contributed by atoms with Gasteiger partial charge < -0.3 is 18.7 Å². The van der Waals surface area contributed by atoms with Crippen LogP contribution < -0.4 is 4.90 Å². The molecule has 1 saturated carbocycles. The first-order valence-corrected chi connectivity index (χ1v) is 13.2. The lowest BCUT2D eigenvalue weighted by Crippen LogP contribution is -2.37. The molecule has 1 aliphatic heterocycles. The Labute approximate surface area is 223 Å². The number of halogens is 2. The van der Waals surface area contributed by atoms with Crippen molar-refractivity contribution in [2.45, 2.75) is 44.3 Å². The van der Waals surface area contributed by atoms with Crippen molar-refractivity contribution in [1.29, 1.82) is 0 Å². The molecule has 186 valence electrons. The van der Waals surface area contributed by atoms with E-state index in [2.05, 4.69) is 32.3 Å².